The number of carbonyl (C=O) groups is 2. The molecule has 2 rings (SSSR count). The van der Waals surface area contributed by atoms with E-state index in [1.807, 2.05) is 26.6 Å². The highest BCUT2D eigenvalue weighted by atomic mass is 35.5. The number of thiophene rings is 1. The van der Waals surface area contributed by atoms with Gasteiger partial charge in [0.25, 0.3) is 5.91 Å². The molecule has 0 aromatic carbocycles. The Kier molecular flexibility index (Phi) is 7.71. The number of nitrogens with two attached hydrogens (primary N) is 1. The second kappa shape index (κ2) is 9.02. The van der Waals surface area contributed by atoms with E-state index in [2.05, 4.69) is 0 Å². The highest BCUT2D eigenvalue weighted by Crippen LogP contribution is 2.12. The van der Waals surface area contributed by atoms with Crippen LogP contribution >= 0.6 is 23.7 Å². The Balaban J connectivity index is 0.00000220. The maximum atomic E-state index is 12.3. The fourth-order valence-electron chi connectivity index (χ4n) is 2.35. The third-order valence-corrected chi connectivity index (χ3v) is 4.18. The number of hydrogen-bond acceptors (Lipinski definition) is 4. The molecule has 0 saturated carbocycles. The lowest BCUT2D eigenvalue weighted by Gasteiger charge is -2.22. The van der Waals surface area contributed by atoms with E-state index in [1.165, 1.54) is 11.3 Å². The molecule has 5 nitrogen and oxygen atoms in total. The van der Waals surface area contributed by atoms with E-state index in [9.17, 15) is 9.59 Å². The molecule has 0 spiro atoms. The molecule has 0 unspecified atom stereocenters. The van der Waals surface area contributed by atoms with Crippen LogP contribution in [0, 0.1) is 0 Å². The minimum absolute atomic E-state index is 0. The Bertz CT molecular complexity index is 453. The van der Waals surface area contributed by atoms with Crippen molar-refractivity contribution in [3.8, 4) is 0 Å². The van der Waals surface area contributed by atoms with E-state index in [-0.39, 0.29) is 24.2 Å². The van der Waals surface area contributed by atoms with Gasteiger partial charge in [-0.1, -0.05) is 0 Å². The standard InChI is InChI=1S/C14H21N3O2S.ClH/c15-5-1-3-13(18)16-6-2-7-17(9-8-16)14(19)12-4-10-20-11-12;/h4,10-11H,1-3,5-9,15H2;1H. The second-order valence-electron chi connectivity index (χ2n) is 4.93. The van der Waals surface area contributed by atoms with Crippen LogP contribution < -0.4 is 5.73 Å². The molecule has 0 radical (unpaired) electrons. The van der Waals surface area contributed by atoms with E-state index < -0.39 is 0 Å². The first-order valence-electron chi connectivity index (χ1n) is 7.01. The van der Waals surface area contributed by atoms with E-state index >= 15 is 0 Å². The molecule has 0 aliphatic carbocycles. The average molecular weight is 332 g/mol. The summed E-state index contributed by atoms with van der Waals surface area (Å²) < 4.78 is 0. The average Bonchev–Trinajstić information content (AvgIpc) is 2.88. The summed E-state index contributed by atoms with van der Waals surface area (Å²) >= 11 is 1.53. The van der Waals surface area contributed by atoms with E-state index in [1.54, 1.807) is 0 Å². The van der Waals surface area contributed by atoms with Crippen molar-refractivity contribution in [1.82, 2.24) is 9.80 Å². The summed E-state index contributed by atoms with van der Waals surface area (Å²) in [5, 5.41) is 3.78. The molecule has 1 saturated heterocycles. The van der Waals surface area contributed by atoms with Crippen LogP contribution in [-0.2, 0) is 4.79 Å². The van der Waals surface area contributed by atoms with Crippen molar-refractivity contribution in [3.05, 3.63) is 22.4 Å². The number of nitrogens with zero attached hydrogens (tertiary/aromatic N) is 2. The predicted octanol–water partition coefficient (Wildman–Crippen LogP) is 1.58. The van der Waals surface area contributed by atoms with Gasteiger partial charge in [0.05, 0.1) is 5.56 Å². The first-order valence-corrected chi connectivity index (χ1v) is 7.96. The fraction of sp³-hybridized carbons (Fsp3) is 0.571. The van der Waals surface area contributed by atoms with Gasteiger partial charge in [-0.25, -0.2) is 0 Å². The zero-order chi connectivity index (χ0) is 14.4. The lowest BCUT2D eigenvalue weighted by Crippen LogP contribution is -2.37. The van der Waals surface area contributed by atoms with Crippen molar-refractivity contribution in [2.45, 2.75) is 19.3 Å². The Morgan fingerprint density at radius 3 is 2.57 bits per heavy atom. The molecule has 21 heavy (non-hydrogen) atoms. The lowest BCUT2D eigenvalue weighted by molar-refractivity contribution is -0.131. The second-order valence-corrected chi connectivity index (χ2v) is 5.71. The van der Waals surface area contributed by atoms with Crippen LogP contribution in [-0.4, -0.2) is 54.3 Å². The molecule has 2 amide bonds. The molecule has 1 aliphatic heterocycles. The largest absolute Gasteiger partial charge is 0.341 e. The van der Waals surface area contributed by atoms with Crippen molar-refractivity contribution < 1.29 is 9.59 Å². The lowest BCUT2D eigenvalue weighted by atomic mass is 10.2. The molecule has 0 atom stereocenters. The monoisotopic (exact) mass is 331 g/mol. The van der Waals surface area contributed by atoms with Gasteiger partial charge < -0.3 is 15.5 Å². The van der Waals surface area contributed by atoms with Crippen molar-refractivity contribution in [2.75, 3.05) is 32.7 Å². The van der Waals surface area contributed by atoms with Crippen molar-refractivity contribution >= 4 is 35.6 Å². The van der Waals surface area contributed by atoms with Gasteiger partial charge >= 0.3 is 0 Å². The van der Waals surface area contributed by atoms with Gasteiger partial charge in [0.2, 0.25) is 5.91 Å². The van der Waals surface area contributed by atoms with Crippen LogP contribution in [0.4, 0.5) is 0 Å². The Labute approximate surface area is 135 Å². The number of amides is 2. The molecule has 118 valence electrons. The van der Waals surface area contributed by atoms with Gasteiger partial charge in [-0.3, -0.25) is 9.59 Å². The van der Waals surface area contributed by atoms with Crippen LogP contribution in [0.15, 0.2) is 16.8 Å². The first-order chi connectivity index (χ1) is 9.72. The van der Waals surface area contributed by atoms with Gasteiger partial charge in [0.15, 0.2) is 0 Å². The highest BCUT2D eigenvalue weighted by molar-refractivity contribution is 7.08. The Morgan fingerprint density at radius 1 is 1.19 bits per heavy atom. The minimum Gasteiger partial charge on any atom is -0.341 e. The van der Waals surface area contributed by atoms with Gasteiger partial charge in [-0.05, 0) is 30.8 Å². The van der Waals surface area contributed by atoms with Gasteiger partial charge in [-0.15, -0.1) is 12.4 Å². The molecule has 1 aromatic rings. The quantitative estimate of drug-likeness (QED) is 0.911. The van der Waals surface area contributed by atoms with Crippen molar-refractivity contribution in [3.63, 3.8) is 0 Å². The van der Waals surface area contributed by atoms with Gasteiger partial charge in [0.1, 0.15) is 0 Å². The normalized spacial score (nSPS) is 15.3. The zero-order valence-electron chi connectivity index (χ0n) is 12.0. The predicted molar refractivity (Wildman–Crippen MR) is 87.0 cm³/mol. The number of rotatable bonds is 4. The van der Waals surface area contributed by atoms with Crippen LogP contribution in [0.5, 0.6) is 0 Å². The maximum absolute atomic E-state index is 12.3. The molecular formula is C14H22ClN3O2S. The van der Waals surface area contributed by atoms with Crippen LogP contribution in [0.2, 0.25) is 0 Å². The summed E-state index contributed by atoms with van der Waals surface area (Å²) in [7, 11) is 0. The third kappa shape index (κ3) is 4.98. The SMILES string of the molecule is Cl.NCCCC(=O)N1CCCN(C(=O)c2ccsc2)CC1. The summed E-state index contributed by atoms with van der Waals surface area (Å²) in [6.07, 6.45) is 2.08. The fourth-order valence-corrected chi connectivity index (χ4v) is 2.98. The van der Waals surface area contributed by atoms with Crippen LogP contribution in [0.25, 0.3) is 0 Å². The van der Waals surface area contributed by atoms with Crippen molar-refractivity contribution in [2.24, 2.45) is 5.73 Å². The van der Waals surface area contributed by atoms with E-state index in [0.717, 1.165) is 31.5 Å². The summed E-state index contributed by atoms with van der Waals surface area (Å²) in [5.74, 6) is 0.225. The molecule has 1 fully saturated rings. The zero-order valence-corrected chi connectivity index (χ0v) is 13.6. The Hall–Kier alpha value is -1.11. The molecule has 2 heterocycles. The molecule has 7 heteroatoms. The molecule has 0 bridgehead atoms. The minimum atomic E-state index is 0. The number of hydrogen-bond donors (Lipinski definition) is 1. The number of carbonyl (C=O) groups excluding carboxylic acids is 2. The highest BCUT2D eigenvalue weighted by Gasteiger charge is 2.22. The molecule has 1 aromatic heterocycles. The third-order valence-electron chi connectivity index (χ3n) is 3.50. The van der Waals surface area contributed by atoms with Crippen LogP contribution in [0.1, 0.15) is 29.6 Å². The summed E-state index contributed by atoms with van der Waals surface area (Å²) in [6.45, 7) is 3.23. The smallest absolute Gasteiger partial charge is 0.254 e. The summed E-state index contributed by atoms with van der Waals surface area (Å²) in [5.41, 5.74) is 6.18. The number of halogens is 1. The molecule has 1 aliphatic rings. The molecular weight excluding hydrogens is 310 g/mol. The molecule has 2 N–H and O–H groups in total. The van der Waals surface area contributed by atoms with Gasteiger partial charge in [-0.2, -0.15) is 11.3 Å². The first kappa shape index (κ1) is 17.9. The topological polar surface area (TPSA) is 66.6 Å². The summed E-state index contributed by atoms with van der Waals surface area (Å²) in [6, 6.07) is 1.85. The van der Waals surface area contributed by atoms with E-state index in [4.69, 9.17) is 5.73 Å². The summed E-state index contributed by atoms with van der Waals surface area (Å²) in [4.78, 5) is 28.0. The van der Waals surface area contributed by atoms with Crippen LogP contribution in [0.3, 0.4) is 0 Å². The van der Waals surface area contributed by atoms with E-state index in [0.29, 0.717) is 26.1 Å². The van der Waals surface area contributed by atoms with Crippen molar-refractivity contribution in [1.29, 1.82) is 0 Å². The maximum Gasteiger partial charge on any atom is 0.254 e. The Morgan fingerprint density at radius 2 is 1.90 bits per heavy atom. The van der Waals surface area contributed by atoms with Gasteiger partial charge in [0, 0.05) is 38.0 Å².